The summed E-state index contributed by atoms with van der Waals surface area (Å²) in [5.74, 6) is 0.812. The van der Waals surface area contributed by atoms with Crippen molar-refractivity contribution in [3.05, 3.63) is 60.7 Å². The Labute approximate surface area is 130 Å². The second-order valence-corrected chi connectivity index (χ2v) is 9.32. The van der Waals surface area contributed by atoms with Crippen LogP contribution in [0.4, 0.5) is 0 Å². The minimum Gasteiger partial charge on any atom is -0.0622 e. The zero-order valence-corrected chi connectivity index (χ0v) is 14.2. The molecule has 21 heavy (non-hydrogen) atoms. The molecule has 0 saturated heterocycles. The normalized spacial score (nSPS) is 24.4. The van der Waals surface area contributed by atoms with Gasteiger partial charge in [-0.2, -0.15) is 0 Å². The maximum Gasteiger partial charge on any atom is -0.00518 e. The van der Waals surface area contributed by atoms with Crippen molar-refractivity contribution in [2.24, 2.45) is 11.3 Å². The summed E-state index contributed by atoms with van der Waals surface area (Å²) in [5, 5.41) is 3.07. The van der Waals surface area contributed by atoms with Gasteiger partial charge in [0, 0.05) is 0 Å². The Morgan fingerprint density at radius 1 is 0.857 bits per heavy atom. The summed E-state index contributed by atoms with van der Waals surface area (Å²) in [6.45, 7) is 7.41. The van der Waals surface area contributed by atoms with E-state index in [1.54, 1.807) is 0 Å². The van der Waals surface area contributed by atoms with Crippen molar-refractivity contribution in [2.75, 3.05) is 0 Å². The fraction of sp³-hybridized carbons (Fsp3) is 0.400. The minimum atomic E-state index is -0.279. The highest BCUT2D eigenvalue weighted by Gasteiger charge is 2.44. The third-order valence-electron chi connectivity index (χ3n) is 4.93. The third kappa shape index (κ3) is 2.92. The molecule has 0 N–H and O–H groups in total. The van der Waals surface area contributed by atoms with Gasteiger partial charge in [-0.3, -0.25) is 0 Å². The van der Waals surface area contributed by atoms with E-state index in [1.807, 2.05) is 0 Å². The molecule has 0 aromatic heterocycles. The average Bonchev–Trinajstić information content (AvgIpc) is 2.77. The van der Waals surface area contributed by atoms with Gasteiger partial charge >= 0.3 is 0 Å². The molecule has 0 bridgehead atoms. The van der Waals surface area contributed by atoms with Crippen LogP contribution >= 0.6 is 7.92 Å². The minimum absolute atomic E-state index is 0.279. The van der Waals surface area contributed by atoms with Gasteiger partial charge in [-0.15, -0.1) is 0 Å². The largest absolute Gasteiger partial charge is 0.0622 e. The van der Waals surface area contributed by atoms with Crippen LogP contribution in [0.25, 0.3) is 0 Å². The summed E-state index contributed by atoms with van der Waals surface area (Å²) in [6, 6.07) is 22.4. The highest BCUT2D eigenvalue weighted by Crippen LogP contribution is 2.57. The lowest BCUT2D eigenvalue weighted by Crippen LogP contribution is -2.32. The summed E-state index contributed by atoms with van der Waals surface area (Å²) in [6.07, 6.45) is 2.73. The zero-order chi connectivity index (χ0) is 14.9. The molecule has 0 aliphatic heterocycles. The van der Waals surface area contributed by atoms with Crippen molar-refractivity contribution in [3.8, 4) is 0 Å². The summed E-state index contributed by atoms with van der Waals surface area (Å²) < 4.78 is 0. The van der Waals surface area contributed by atoms with Crippen molar-refractivity contribution in [1.82, 2.24) is 0 Å². The predicted molar refractivity (Wildman–Crippen MR) is 95.0 cm³/mol. The molecule has 1 saturated carbocycles. The molecule has 0 nitrogen and oxygen atoms in total. The van der Waals surface area contributed by atoms with Gasteiger partial charge in [0.2, 0.25) is 0 Å². The van der Waals surface area contributed by atoms with E-state index in [1.165, 1.54) is 23.5 Å². The standard InChI is InChI=1S/C20H25P/c1-16-14-15-20(2,3)19(16)21(17-10-6-4-7-11-17)18-12-8-5-9-13-18/h4-13,16,19H,14-15H2,1-3H3/t16-,19-/m1/s1. The van der Waals surface area contributed by atoms with Crippen LogP contribution in [-0.4, -0.2) is 5.66 Å². The van der Waals surface area contributed by atoms with Gasteiger partial charge in [-0.25, -0.2) is 0 Å². The molecule has 0 heterocycles. The first-order valence-electron chi connectivity index (χ1n) is 7.99. The molecule has 1 fully saturated rings. The Bertz CT molecular complexity index is 534. The number of rotatable bonds is 3. The van der Waals surface area contributed by atoms with Gasteiger partial charge in [0.15, 0.2) is 0 Å². The van der Waals surface area contributed by atoms with E-state index in [2.05, 4.69) is 81.4 Å². The average molecular weight is 296 g/mol. The number of hydrogen-bond acceptors (Lipinski definition) is 0. The Morgan fingerprint density at radius 2 is 1.33 bits per heavy atom. The molecule has 2 atom stereocenters. The summed E-state index contributed by atoms with van der Waals surface area (Å²) >= 11 is 0. The summed E-state index contributed by atoms with van der Waals surface area (Å²) in [5.41, 5.74) is 1.22. The first-order chi connectivity index (χ1) is 10.1. The maximum absolute atomic E-state index is 2.47. The molecule has 1 aliphatic rings. The van der Waals surface area contributed by atoms with Crippen molar-refractivity contribution >= 4 is 18.5 Å². The van der Waals surface area contributed by atoms with Crippen LogP contribution < -0.4 is 10.6 Å². The second kappa shape index (κ2) is 5.93. The Morgan fingerprint density at radius 3 is 1.71 bits per heavy atom. The van der Waals surface area contributed by atoms with Crippen molar-refractivity contribution in [1.29, 1.82) is 0 Å². The van der Waals surface area contributed by atoms with E-state index >= 15 is 0 Å². The van der Waals surface area contributed by atoms with Crippen LogP contribution in [0.15, 0.2) is 60.7 Å². The molecule has 110 valence electrons. The van der Waals surface area contributed by atoms with Crippen molar-refractivity contribution in [3.63, 3.8) is 0 Å². The monoisotopic (exact) mass is 296 g/mol. The first-order valence-corrected chi connectivity index (χ1v) is 9.40. The van der Waals surface area contributed by atoms with E-state index in [9.17, 15) is 0 Å². The molecular weight excluding hydrogens is 271 g/mol. The maximum atomic E-state index is 2.47. The quantitative estimate of drug-likeness (QED) is 0.703. The molecule has 2 aromatic rings. The number of hydrogen-bond donors (Lipinski definition) is 0. The topological polar surface area (TPSA) is 0 Å². The molecule has 1 heteroatoms. The first kappa shape index (κ1) is 14.8. The van der Waals surface area contributed by atoms with Crippen LogP contribution in [0.2, 0.25) is 0 Å². The van der Waals surface area contributed by atoms with Gasteiger partial charge in [-0.05, 0) is 48.4 Å². The lowest BCUT2D eigenvalue weighted by molar-refractivity contribution is 0.377. The van der Waals surface area contributed by atoms with Crippen molar-refractivity contribution in [2.45, 2.75) is 39.3 Å². The zero-order valence-electron chi connectivity index (χ0n) is 13.3. The lowest BCUT2D eigenvalue weighted by Gasteiger charge is -2.37. The highest BCUT2D eigenvalue weighted by molar-refractivity contribution is 7.73. The Balaban J connectivity index is 2.09. The Kier molecular flexibility index (Phi) is 4.18. The van der Waals surface area contributed by atoms with Crippen LogP contribution in [0.3, 0.4) is 0 Å². The van der Waals surface area contributed by atoms with Crippen molar-refractivity contribution < 1.29 is 0 Å². The fourth-order valence-corrected chi connectivity index (χ4v) is 7.34. The van der Waals surface area contributed by atoms with E-state index < -0.39 is 0 Å². The molecule has 3 rings (SSSR count). The van der Waals surface area contributed by atoms with Crippen LogP contribution in [-0.2, 0) is 0 Å². The predicted octanol–water partition coefficient (Wildman–Crippen LogP) is 4.94. The van der Waals surface area contributed by atoms with Gasteiger partial charge in [0.05, 0.1) is 0 Å². The molecule has 0 radical (unpaired) electrons. The van der Waals surface area contributed by atoms with Crippen LogP contribution in [0.5, 0.6) is 0 Å². The van der Waals surface area contributed by atoms with E-state index in [0.29, 0.717) is 5.41 Å². The number of benzene rings is 2. The van der Waals surface area contributed by atoms with Crippen LogP contribution in [0, 0.1) is 11.3 Å². The molecule has 0 unspecified atom stereocenters. The van der Waals surface area contributed by atoms with Crippen LogP contribution in [0.1, 0.15) is 33.6 Å². The molecule has 1 aliphatic carbocycles. The molecule has 0 spiro atoms. The van der Waals surface area contributed by atoms with E-state index in [-0.39, 0.29) is 7.92 Å². The summed E-state index contributed by atoms with van der Waals surface area (Å²) in [7, 11) is -0.279. The highest BCUT2D eigenvalue weighted by atomic mass is 31.1. The lowest BCUT2D eigenvalue weighted by atomic mass is 9.90. The van der Waals surface area contributed by atoms with Gasteiger partial charge in [0.1, 0.15) is 0 Å². The molecule has 2 aromatic carbocycles. The van der Waals surface area contributed by atoms with E-state index in [4.69, 9.17) is 0 Å². The SMILES string of the molecule is C[C@@H]1CCC(C)(C)[C@@H]1P(c1ccccc1)c1ccccc1. The third-order valence-corrected chi connectivity index (χ3v) is 8.40. The van der Waals surface area contributed by atoms with E-state index in [0.717, 1.165) is 11.6 Å². The van der Waals surface area contributed by atoms with Gasteiger partial charge in [-0.1, -0.05) is 81.4 Å². The fourth-order valence-electron chi connectivity index (χ4n) is 3.93. The summed E-state index contributed by atoms with van der Waals surface area (Å²) in [4.78, 5) is 0. The Hall–Kier alpha value is -1.13. The van der Waals surface area contributed by atoms with Gasteiger partial charge < -0.3 is 0 Å². The smallest absolute Gasteiger partial charge is 0.00518 e. The molecular formula is C20H25P. The second-order valence-electron chi connectivity index (χ2n) is 6.99. The molecule has 0 amide bonds. The van der Waals surface area contributed by atoms with Gasteiger partial charge in [0.25, 0.3) is 0 Å².